The van der Waals surface area contributed by atoms with Crippen molar-refractivity contribution < 1.29 is 9.84 Å². The van der Waals surface area contributed by atoms with E-state index in [4.69, 9.17) is 9.84 Å². The van der Waals surface area contributed by atoms with E-state index in [1.165, 1.54) is 0 Å². The Hall–Kier alpha value is -3.42. The summed E-state index contributed by atoms with van der Waals surface area (Å²) < 4.78 is 5.39. The van der Waals surface area contributed by atoms with Crippen molar-refractivity contribution in [2.45, 2.75) is 13.5 Å². The molecule has 0 aliphatic rings. The third-order valence-corrected chi connectivity index (χ3v) is 4.55. The molecule has 0 saturated heterocycles. The highest BCUT2D eigenvalue weighted by molar-refractivity contribution is 5.53. The third-order valence-electron chi connectivity index (χ3n) is 4.55. The molecule has 7 heteroatoms. The Bertz CT molecular complexity index is 984. The average Bonchev–Trinajstić information content (AvgIpc) is 2.82. The first-order valence-corrected chi connectivity index (χ1v) is 10.2. The van der Waals surface area contributed by atoms with Crippen LogP contribution in [0, 0.1) is 0 Å². The summed E-state index contributed by atoms with van der Waals surface area (Å²) in [5, 5.41) is 26.1. The lowest BCUT2D eigenvalue weighted by molar-refractivity contribution is 0.134. The maximum atomic E-state index is 9.02. The van der Waals surface area contributed by atoms with E-state index in [9.17, 15) is 0 Å². The molecule has 0 aromatic heterocycles. The van der Waals surface area contributed by atoms with E-state index in [1.807, 2.05) is 91.7 Å². The van der Waals surface area contributed by atoms with Crippen molar-refractivity contribution in [1.82, 2.24) is 0 Å². The highest BCUT2D eigenvalue weighted by Gasteiger charge is 2.00. The van der Waals surface area contributed by atoms with E-state index in [-0.39, 0.29) is 6.61 Å². The highest BCUT2D eigenvalue weighted by Crippen LogP contribution is 2.24. The van der Waals surface area contributed by atoms with E-state index in [1.54, 1.807) is 0 Å². The second kappa shape index (κ2) is 11.7. The van der Waals surface area contributed by atoms with Gasteiger partial charge in [0.1, 0.15) is 0 Å². The van der Waals surface area contributed by atoms with Gasteiger partial charge >= 0.3 is 0 Å². The standard InChI is InChI=1S/C24H27N5O2/c1-3-31-18-19-4-6-20(7-5-19)25-26-21-8-10-22(11-9-21)27-28-23-12-14-24(15-13-23)29(2)16-17-30/h4-15,30H,3,16-18H2,1-2H3. The summed E-state index contributed by atoms with van der Waals surface area (Å²) in [6, 6.07) is 23.0. The van der Waals surface area contributed by atoms with E-state index in [0.29, 0.717) is 19.8 Å². The zero-order valence-electron chi connectivity index (χ0n) is 17.8. The van der Waals surface area contributed by atoms with Gasteiger partial charge in [-0.3, -0.25) is 0 Å². The smallest absolute Gasteiger partial charge is 0.0858 e. The molecule has 0 bridgehead atoms. The van der Waals surface area contributed by atoms with Crippen LogP contribution in [0.4, 0.5) is 28.4 Å². The van der Waals surface area contributed by atoms with Gasteiger partial charge in [0.05, 0.1) is 36.0 Å². The molecule has 0 radical (unpaired) electrons. The van der Waals surface area contributed by atoms with Gasteiger partial charge in [-0.2, -0.15) is 20.5 Å². The van der Waals surface area contributed by atoms with Crippen LogP contribution < -0.4 is 4.90 Å². The highest BCUT2D eigenvalue weighted by atomic mass is 16.5. The fourth-order valence-corrected chi connectivity index (χ4v) is 2.75. The number of hydrogen-bond acceptors (Lipinski definition) is 7. The Morgan fingerprint density at radius 2 is 1.13 bits per heavy atom. The maximum absolute atomic E-state index is 9.02. The summed E-state index contributed by atoms with van der Waals surface area (Å²) in [6.07, 6.45) is 0. The summed E-state index contributed by atoms with van der Waals surface area (Å²) in [5.74, 6) is 0. The van der Waals surface area contributed by atoms with Crippen molar-refractivity contribution in [2.24, 2.45) is 20.5 Å². The van der Waals surface area contributed by atoms with Crippen LogP contribution in [0.5, 0.6) is 0 Å². The number of anilines is 1. The minimum atomic E-state index is 0.119. The van der Waals surface area contributed by atoms with Crippen molar-refractivity contribution in [1.29, 1.82) is 0 Å². The van der Waals surface area contributed by atoms with Crippen LogP contribution >= 0.6 is 0 Å². The molecule has 0 heterocycles. The summed E-state index contributed by atoms with van der Waals surface area (Å²) in [7, 11) is 1.93. The second-order valence-electron chi connectivity index (χ2n) is 6.88. The van der Waals surface area contributed by atoms with Gasteiger partial charge in [-0.1, -0.05) is 12.1 Å². The van der Waals surface area contributed by atoms with E-state index in [0.717, 1.165) is 34.0 Å². The van der Waals surface area contributed by atoms with Gasteiger partial charge in [-0.15, -0.1) is 0 Å². The lowest BCUT2D eigenvalue weighted by Gasteiger charge is -2.17. The van der Waals surface area contributed by atoms with Gasteiger partial charge < -0.3 is 14.7 Å². The van der Waals surface area contributed by atoms with Crippen LogP contribution in [0.3, 0.4) is 0 Å². The number of azo groups is 2. The normalized spacial score (nSPS) is 11.5. The van der Waals surface area contributed by atoms with Crippen molar-refractivity contribution in [2.75, 3.05) is 31.7 Å². The monoisotopic (exact) mass is 417 g/mol. The van der Waals surface area contributed by atoms with Gasteiger partial charge in [0.25, 0.3) is 0 Å². The van der Waals surface area contributed by atoms with E-state index < -0.39 is 0 Å². The number of aliphatic hydroxyl groups excluding tert-OH is 1. The topological polar surface area (TPSA) is 82.1 Å². The summed E-state index contributed by atoms with van der Waals surface area (Å²) in [4.78, 5) is 1.98. The van der Waals surface area contributed by atoms with Crippen LogP contribution in [0.15, 0.2) is 93.3 Å². The van der Waals surface area contributed by atoms with Gasteiger partial charge in [0.2, 0.25) is 0 Å². The molecular formula is C24H27N5O2. The molecule has 0 amide bonds. The predicted molar refractivity (Wildman–Crippen MR) is 123 cm³/mol. The number of nitrogens with zero attached hydrogens (tertiary/aromatic N) is 5. The summed E-state index contributed by atoms with van der Waals surface area (Å²) in [6.45, 7) is 3.99. The van der Waals surface area contributed by atoms with Crippen LogP contribution in [-0.2, 0) is 11.3 Å². The fraction of sp³-hybridized carbons (Fsp3) is 0.250. The predicted octanol–water partition coefficient (Wildman–Crippen LogP) is 6.48. The van der Waals surface area contributed by atoms with Crippen molar-refractivity contribution in [3.05, 3.63) is 78.4 Å². The van der Waals surface area contributed by atoms with E-state index >= 15 is 0 Å². The number of aliphatic hydroxyl groups is 1. The third kappa shape index (κ3) is 7.09. The first-order valence-electron chi connectivity index (χ1n) is 10.2. The van der Waals surface area contributed by atoms with E-state index in [2.05, 4.69) is 20.5 Å². The minimum Gasteiger partial charge on any atom is -0.395 e. The molecule has 1 N–H and O–H groups in total. The van der Waals surface area contributed by atoms with Gasteiger partial charge in [-0.25, -0.2) is 0 Å². The van der Waals surface area contributed by atoms with Crippen molar-refractivity contribution in [3.8, 4) is 0 Å². The quantitative estimate of drug-likeness (QED) is 0.383. The van der Waals surface area contributed by atoms with Gasteiger partial charge in [0.15, 0.2) is 0 Å². The van der Waals surface area contributed by atoms with Crippen LogP contribution in [0.1, 0.15) is 12.5 Å². The fourth-order valence-electron chi connectivity index (χ4n) is 2.75. The second-order valence-corrected chi connectivity index (χ2v) is 6.88. The molecule has 31 heavy (non-hydrogen) atoms. The Morgan fingerprint density at radius 1 is 0.710 bits per heavy atom. The van der Waals surface area contributed by atoms with Gasteiger partial charge in [-0.05, 0) is 73.2 Å². The number of hydrogen-bond donors (Lipinski definition) is 1. The number of rotatable bonds is 10. The van der Waals surface area contributed by atoms with Gasteiger partial charge in [0, 0.05) is 25.9 Å². The molecule has 0 saturated carbocycles. The Labute approximate surface area is 182 Å². The first-order chi connectivity index (χ1) is 15.2. The maximum Gasteiger partial charge on any atom is 0.0858 e. The molecule has 0 aliphatic heterocycles. The number of likely N-dealkylation sites (N-methyl/N-ethyl adjacent to an activating group) is 1. The Kier molecular flexibility index (Phi) is 8.39. The molecular weight excluding hydrogens is 390 g/mol. The number of benzene rings is 3. The van der Waals surface area contributed by atoms with Crippen molar-refractivity contribution >= 4 is 28.4 Å². The molecule has 3 rings (SSSR count). The Morgan fingerprint density at radius 3 is 1.55 bits per heavy atom. The molecule has 160 valence electrons. The Balaban J connectivity index is 1.56. The molecule has 0 fully saturated rings. The zero-order chi connectivity index (χ0) is 21.9. The molecule has 0 atom stereocenters. The number of ether oxygens (including phenoxy) is 1. The lowest BCUT2D eigenvalue weighted by Crippen LogP contribution is -2.20. The molecule has 0 aliphatic carbocycles. The molecule has 7 nitrogen and oxygen atoms in total. The van der Waals surface area contributed by atoms with Crippen LogP contribution in [0.25, 0.3) is 0 Å². The minimum absolute atomic E-state index is 0.119. The average molecular weight is 418 g/mol. The summed E-state index contributed by atoms with van der Waals surface area (Å²) >= 11 is 0. The summed E-state index contributed by atoms with van der Waals surface area (Å²) in [5.41, 5.74) is 5.16. The zero-order valence-corrected chi connectivity index (χ0v) is 17.8. The van der Waals surface area contributed by atoms with Crippen LogP contribution in [0.2, 0.25) is 0 Å². The molecule has 3 aromatic carbocycles. The van der Waals surface area contributed by atoms with Crippen LogP contribution in [-0.4, -0.2) is 31.9 Å². The largest absolute Gasteiger partial charge is 0.395 e. The molecule has 3 aromatic rings. The molecule has 0 unspecified atom stereocenters. The molecule has 0 spiro atoms. The first kappa shape index (κ1) is 22.3. The lowest BCUT2D eigenvalue weighted by atomic mass is 10.2. The van der Waals surface area contributed by atoms with Crippen molar-refractivity contribution in [3.63, 3.8) is 0 Å². The SMILES string of the molecule is CCOCc1ccc(N=Nc2ccc(N=Nc3ccc(N(C)CCO)cc3)cc2)cc1.